The Morgan fingerprint density at radius 1 is 1.02 bits per heavy atom. The lowest BCUT2D eigenvalue weighted by Crippen LogP contribution is -2.14. The molecule has 4 heterocycles. The van der Waals surface area contributed by atoms with Gasteiger partial charge in [0, 0.05) is 54.3 Å². The SMILES string of the molecule is Cc1cn(-c2cc(NC(=O)c3ccc(C)c(Oc4nc(-c5cccnc5)nc5ccn(C)c45)c3)cc(C(F)(F)F)c2)cn1. The van der Waals surface area contributed by atoms with Gasteiger partial charge in [0.1, 0.15) is 11.3 Å². The van der Waals surface area contributed by atoms with E-state index < -0.39 is 17.6 Å². The lowest BCUT2D eigenvalue weighted by atomic mass is 10.1. The molecule has 0 bridgehead atoms. The van der Waals surface area contributed by atoms with Gasteiger partial charge in [-0.05, 0) is 67.9 Å². The summed E-state index contributed by atoms with van der Waals surface area (Å²) in [5.74, 6) is 0.432. The Bertz CT molecular complexity index is 1980. The maximum atomic E-state index is 13.7. The van der Waals surface area contributed by atoms with Gasteiger partial charge in [0.25, 0.3) is 5.91 Å². The average Bonchev–Trinajstić information content (AvgIpc) is 3.59. The van der Waals surface area contributed by atoms with Crippen molar-refractivity contribution in [2.45, 2.75) is 20.0 Å². The number of nitrogens with one attached hydrogen (secondary N) is 1. The summed E-state index contributed by atoms with van der Waals surface area (Å²) in [6.45, 7) is 3.54. The van der Waals surface area contributed by atoms with Crippen LogP contribution in [0.15, 0.2) is 85.7 Å². The molecule has 0 atom stereocenters. The fraction of sp³-hybridized carbons (Fsp3) is 0.129. The van der Waals surface area contributed by atoms with E-state index in [9.17, 15) is 18.0 Å². The summed E-state index contributed by atoms with van der Waals surface area (Å²) in [4.78, 5) is 30.8. The van der Waals surface area contributed by atoms with Crippen molar-refractivity contribution in [1.82, 2.24) is 29.1 Å². The van der Waals surface area contributed by atoms with E-state index in [-0.39, 0.29) is 22.8 Å². The Morgan fingerprint density at radius 2 is 1.86 bits per heavy atom. The van der Waals surface area contributed by atoms with Gasteiger partial charge in [-0.15, -0.1) is 0 Å². The monoisotopic (exact) mass is 583 g/mol. The highest BCUT2D eigenvalue weighted by atomic mass is 19.4. The largest absolute Gasteiger partial charge is 0.437 e. The molecular weight excluding hydrogens is 559 g/mol. The molecule has 0 aliphatic rings. The minimum absolute atomic E-state index is 0.0216. The van der Waals surface area contributed by atoms with Crippen LogP contribution in [0.1, 0.15) is 27.2 Å². The number of carbonyl (C=O) groups is 1. The number of amides is 1. The Hall–Kier alpha value is -5.52. The minimum atomic E-state index is -4.62. The fourth-order valence-electron chi connectivity index (χ4n) is 4.57. The number of carbonyl (C=O) groups excluding carboxylic acids is 1. The zero-order valence-electron chi connectivity index (χ0n) is 23.2. The van der Waals surface area contributed by atoms with Crippen LogP contribution in [0, 0.1) is 13.8 Å². The first-order valence-corrected chi connectivity index (χ1v) is 13.1. The van der Waals surface area contributed by atoms with Gasteiger partial charge in [0.15, 0.2) is 5.82 Å². The molecule has 9 nitrogen and oxygen atoms in total. The van der Waals surface area contributed by atoms with Crippen LogP contribution in [0.4, 0.5) is 18.9 Å². The highest BCUT2D eigenvalue weighted by Gasteiger charge is 2.31. The molecule has 0 fully saturated rings. The predicted octanol–water partition coefficient (Wildman–Crippen LogP) is 6.90. The van der Waals surface area contributed by atoms with Crippen molar-refractivity contribution >= 4 is 22.6 Å². The number of pyridine rings is 1. The molecule has 12 heteroatoms. The number of fused-ring (bicyclic) bond motifs is 1. The third kappa shape index (κ3) is 5.67. The molecule has 6 aromatic rings. The lowest BCUT2D eigenvalue weighted by Gasteiger charge is -2.15. The molecule has 4 aromatic heterocycles. The molecule has 43 heavy (non-hydrogen) atoms. The number of rotatable bonds is 6. The lowest BCUT2D eigenvalue weighted by molar-refractivity contribution is -0.137. The van der Waals surface area contributed by atoms with E-state index in [4.69, 9.17) is 4.74 Å². The van der Waals surface area contributed by atoms with Crippen molar-refractivity contribution in [3.8, 4) is 28.7 Å². The van der Waals surface area contributed by atoms with E-state index in [1.54, 1.807) is 43.7 Å². The maximum Gasteiger partial charge on any atom is 0.416 e. The number of aromatic nitrogens is 6. The van der Waals surface area contributed by atoms with E-state index in [0.717, 1.165) is 17.7 Å². The number of anilines is 1. The van der Waals surface area contributed by atoms with Crippen molar-refractivity contribution in [1.29, 1.82) is 0 Å². The van der Waals surface area contributed by atoms with Crippen LogP contribution in [-0.4, -0.2) is 35.0 Å². The Balaban J connectivity index is 1.33. The number of halogens is 3. The number of nitrogens with zero attached hydrogens (tertiary/aromatic N) is 6. The summed E-state index contributed by atoms with van der Waals surface area (Å²) in [5, 5.41) is 2.60. The third-order valence-corrected chi connectivity index (χ3v) is 6.78. The zero-order valence-corrected chi connectivity index (χ0v) is 23.2. The quantitative estimate of drug-likeness (QED) is 0.229. The van der Waals surface area contributed by atoms with Crippen molar-refractivity contribution in [2.75, 3.05) is 5.32 Å². The van der Waals surface area contributed by atoms with Gasteiger partial charge in [-0.2, -0.15) is 18.2 Å². The molecule has 0 aliphatic carbocycles. The van der Waals surface area contributed by atoms with Crippen molar-refractivity contribution in [3.63, 3.8) is 0 Å². The number of alkyl halides is 3. The van der Waals surface area contributed by atoms with Gasteiger partial charge in [0.2, 0.25) is 5.88 Å². The number of imidazole rings is 1. The second-order valence-corrected chi connectivity index (χ2v) is 9.98. The van der Waals surface area contributed by atoms with Crippen LogP contribution in [-0.2, 0) is 13.2 Å². The molecule has 0 unspecified atom stereocenters. The van der Waals surface area contributed by atoms with Crippen LogP contribution in [0.3, 0.4) is 0 Å². The summed E-state index contributed by atoms with van der Waals surface area (Å²) in [6.07, 6.45) is 3.53. The Kier molecular flexibility index (Phi) is 6.88. The first-order valence-electron chi connectivity index (χ1n) is 13.1. The van der Waals surface area contributed by atoms with E-state index in [1.807, 2.05) is 36.9 Å². The molecular formula is C31H24F3N7O2. The normalized spacial score (nSPS) is 11.6. The smallest absolute Gasteiger partial charge is 0.416 e. The summed E-state index contributed by atoms with van der Waals surface area (Å²) in [6, 6.07) is 13.6. The molecule has 216 valence electrons. The summed E-state index contributed by atoms with van der Waals surface area (Å²) in [5.41, 5.74) is 2.83. The molecule has 1 amide bonds. The highest BCUT2D eigenvalue weighted by molar-refractivity contribution is 6.04. The predicted molar refractivity (Wildman–Crippen MR) is 154 cm³/mol. The van der Waals surface area contributed by atoms with E-state index in [1.165, 1.54) is 23.0 Å². The van der Waals surface area contributed by atoms with Crippen molar-refractivity contribution < 1.29 is 22.7 Å². The van der Waals surface area contributed by atoms with Crippen LogP contribution in [0.25, 0.3) is 28.1 Å². The number of aryl methyl sites for hydroxylation is 3. The van der Waals surface area contributed by atoms with Crippen LogP contribution >= 0.6 is 0 Å². The minimum Gasteiger partial charge on any atom is -0.437 e. The van der Waals surface area contributed by atoms with Gasteiger partial charge in [-0.1, -0.05) is 6.07 Å². The molecule has 0 saturated heterocycles. The van der Waals surface area contributed by atoms with Crippen LogP contribution < -0.4 is 10.1 Å². The van der Waals surface area contributed by atoms with E-state index in [0.29, 0.717) is 33.9 Å². The molecule has 6 rings (SSSR count). The molecule has 1 N–H and O–H groups in total. The Morgan fingerprint density at radius 3 is 2.58 bits per heavy atom. The third-order valence-electron chi connectivity index (χ3n) is 6.78. The van der Waals surface area contributed by atoms with Gasteiger partial charge in [0.05, 0.1) is 23.1 Å². The highest BCUT2D eigenvalue weighted by Crippen LogP contribution is 2.35. The maximum absolute atomic E-state index is 13.7. The van der Waals surface area contributed by atoms with Gasteiger partial charge < -0.3 is 19.2 Å². The van der Waals surface area contributed by atoms with Crippen molar-refractivity contribution in [3.05, 3.63) is 108 Å². The van der Waals surface area contributed by atoms with E-state index >= 15 is 0 Å². The molecule has 0 radical (unpaired) electrons. The second-order valence-electron chi connectivity index (χ2n) is 9.98. The number of benzene rings is 2. The van der Waals surface area contributed by atoms with E-state index in [2.05, 4.69) is 25.3 Å². The zero-order chi connectivity index (χ0) is 30.3. The topological polar surface area (TPSA) is 99.8 Å². The van der Waals surface area contributed by atoms with Crippen LogP contribution in [0.5, 0.6) is 11.6 Å². The molecule has 0 spiro atoms. The number of hydrogen-bond donors (Lipinski definition) is 1. The summed E-state index contributed by atoms with van der Waals surface area (Å²) in [7, 11) is 1.84. The molecule has 0 saturated carbocycles. The Labute approximate surface area is 243 Å². The summed E-state index contributed by atoms with van der Waals surface area (Å²) < 4.78 is 50.7. The first kappa shape index (κ1) is 27.6. The van der Waals surface area contributed by atoms with Gasteiger partial charge >= 0.3 is 6.18 Å². The number of ether oxygens (including phenoxy) is 1. The average molecular weight is 584 g/mol. The molecule has 2 aromatic carbocycles. The summed E-state index contributed by atoms with van der Waals surface area (Å²) >= 11 is 0. The van der Waals surface area contributed by atoms with Gasteiger partial charge in [-0.3, -0.25) is 9.78 Å². The first-order chi connectivity index (χ1) is 20.5. The fourth-order valence-corrected chi connectivity index (χ4v) is 4.57. The van der Waals surface area contributed by atoms with Crippen molar-refractivity contribution in [2.24, 2.45) is 7.05 Å². The van der Waals surface area contributed by atoms with Crippen LogP contribution in [0.2, 0.25) is 0 Å². The van der Waals surface area contributed by atoms with Gasteiger partial charge in [-0.25, -0.2) is 9.97 Å². The molecule has 0 aliphatic heterocycles. The number of hydrogen-bond acceptors (Lipinski definition) is 6. The second kappa shape index (κ2) is 10.7. The standard InChI is InChI=1S/C31H24F3N7O2/c1-18-6-7-20(29(42)37-23-12-22(31(32,33)34)13-24(14-23)41-16-19(2)36-17-41)11-26(18)43-30-27-25(8-10-40(27)3)38-28(39-30)21-5-4-9-35-15-21/h4-17H,1-3H3,(H,37,42).